The standard InChI is InChI=1S/C19H22N2O3/c1-4-14-5-8-16(9-6-14)13(2)18(22)21-12-15-7-10-17(20-11-15)19(23)24-3/h5-11,13H,4,12H2,1-3H3,(H,21,22)/t13-/m0/s1. The van der Waals surface area contributed by atoms with Gasteiger partial charge in [0.25, 0.3) is 0 Å². The highest BCUT2D eigenvalue weighted by atomic mass is 16.5. The zero-order chi connectivity index (χ0) is 17.5. The lowest BCUT2D eigenvalue weighted by Gasteiger charge is -2.13. The van der Waals surface area contributed by atoms with Crippen LogP contribution in [0.5, 0.6) is 0 Å². The summed E-state index contributed by atoms with van der Waals surface area (Å²) in [6, 6.07) is 11.4. The molecule has 0 saturated heterocycles. The third-order valence-corrected chi connectivity index (χ3v) is 3.97. The molecule has 0 aliphatic rings. The minimum absolute atomic E-state index is 0.0451. The van der Waals surface area contributed by atoms with Gasteiger partial charge in [-0.25, -0.2) is 9.78 Å². The van der Waals surface area contributed by atoms with Crippen molar-refractivity contribution in [2.24, 2.45) is 0 Å². The molecule has 2 rings (SSSR count). The minimum Gasteiger partial charge on any atom is -0.464 e. The number of aryl methyl sites for hydroxylation is 1. The Morgan fingerprint density at radius 2 is 1.79 bits per heavy atom. The Bertz CT molecular complexity index is 694. The number of ether oxygens (including phenoxy) is 1. The summed E-state index contributed by atoms with van der Waals surface area (Å²) in [5.74, 6) is -0.746. The van der Waals surface area contributed by atoms with E-state index >= 15 is 0 Å². The van der Waals surface area contributed by atoms with Crippen molar-refractivity contribution >= 4 is 11.9 Å². The quantitative estimate of drug-likeness (QED) is 0.829. The van der Waals surface area contributed by atoms with Gasteiger partial charge in [0, 0.05) is 12.7 Å². The van der Waals surface area contributed by atoms with Gasteiger partial charge in [-0.2, -0.15) is 0 Å². The highest BCUT2D eigenvalue weighted by molar-refractivity contribution is 5.87. The maximum atomic E-state index is 12.3. The van der Waals surface area contributed by atoms with E-state index in [0.717, 1.165) is 17.5 Å². The molecule has 0 radical (unpaired) electrons. The lowest BCUT2D eigenvalue weighted by atomic mass is 9.98. The molecule has 0 spiro atoms. The summed E-state index contributed by atoms with van der Waals surface area (Å²) in [6.07, 6.45) is 2.54. The number of nitrogens with zero attached hydrogens (tertiary/aromatic N) is 1. The summed E-state index contributed by atoms with van der Waals surface area (Å²) in [5, 5.41) is 2.89. The maximum Gasteiger partial charge on any atom is 0.356 e. The molecule has 1 heterocycles. The van der Waals surface area contributed by atoms with Crippen LogP contribution in [0.15, 0.2) is 42.6 Å². The third-order valence-electron chi connectivity index (χ3n) is 3.97. The predicted molar refractivity (Wildman–Crippen MR) is 91.7 cm³/mol. The normalized spacial score (nSPS) is 11.6. The molecule has 5 nitrogen and oxygen atoms in total. The van der Waals surface area contributed by atoms with Crippen molar-refractivity contribution in [3.63, 3.8) is 0 Å². The van der Waals surface area contributed by atoms with Crippen molar-refractivity contribution in [2.45, 2.75) is 32.7 Å². The number of nitrogens with one attached hydrogen (secondary N) is 1. The predicted octanol–water partition coefficient (Wildman–Crippen LogP) is 2.85. The molecule has 0 bridgehead atoms. The van der Waals surface area contributed by atoms with Crippen LogP contribution in [0.1, 0.15) is 46.9 Å². The fourth-order valence-electron chi connectivity index (χ4n) is 2.29. The maximum absolute atomic E-state index is 12.3. The number of esters is 1. The number of hydrogen-bond acceptors (Lipinski definition) is 4. The number of benzene rings is 1. The van der Waals surface area contributed by atoms with Crippen molar-refractivity contribution in [2.75, 3.05) is 7.11 Å². The van der Waals surface area contributed by atoms with Crippen molar-refractivity contribution in [3.8, 4) is 0 Å². The molecular formula is C19H22N2O3. The smallest absolute Gasteiger partial charge is 0.356 e. The van der Waals surface area contributed by atoms with Crippen LogP contribution in [0.25, 0.3) is 0 Å². The fraction of sp³-hybridized carbons (Fsp3) is 0.316. The zero-order valence-electron chi connectivity index (χ0n) is 14.2. The summed E-state index contributed by atoms with van der Waals surface area (Å²) in [7, 11) is 1.31. The van der Waals surface area contributed by atoms with Crippen LogP contribution in [0.4, 0.5) is 0 Å². The summed E-state index contributed by atoms with van der Waals surface area (Å²) in [4.78, 5) is 27.6. The lowest BCUT2D eigenvalue weighted by Crippen LogP contribution is -2.27. The Hall–Kier alpha value is -2.69. The first-order valence-corrected chi connectivity index (χ1v) is 7.95. The number of carbonyl (C=O) groups is 2. The fourth-order valence-corrected chi connectivity index (χ4v) is 2.29. The zero-order valence-corrected chi connectivity index (χ0v) is 14.2. The molecule has 1 aromatic heterocycles. The van der Waals surface area contributed by atoms with Crippen LogP contribution in [-0.2, 0) is 22.5 Å². The second kappa shape index (κ2) is 8.24. The van der Waals surface area contributed by atoms with E-state index in [-0.39, 0.29) is 17.5 Å². The molecule has 0 aliphatic carbocycles. The van der Waals surface area contributed by atoms with Gasteiger partial charge in [-0.1, -0.05) is 37.3 Å². The van der Waals surface area contributed by atoms with Gasteiger partial charge in [-0.3, -0.25) is 4.79 Å². The first kappa shape index (κ1) is 17.7. The number of carbonyl (C=O) groups excluding carboxylic acids is 2. The molecule has 0 saturated carbocycles. The minimum atomic E-state index is -0.477. The van der Waals surface area contributed by atoms with Gasteiger partial charge in [0.1, 0.15) is 5.69 Å². The molecule has 1 amide bonds. The monoisotopic (exact) mass is 326 g/mol. The van der Waals surface area contributed by atoms with Gasteiger partial charge in [-0.15, -0.1) is 0 Å². The second-order valence-electron chi connectivity index (χ2n) is 5.58. The van der Waals surface area contributed by atoms with E-state index in [1.54, 1.807) is 18.3 Å². The lowest BCUT2D eigenvalue weighted by molar-refractivity contribution is -0.122. The number of hydrogen-bond donors (Lipinski definition) is 1. The van der Waals surface area contributed by atoms with Crippen LogP contribution >= 0.6 is 0 Å². The third kappa shape index (κ3) is 4.41. The van der Waals surface area contributed by atoms with Crippen LogP contribution in [0.2, 0.25) is 0 Å². The largest absolute Gasteiger partial charge is 0.464 e. The van der Waals surface area contributed by atoms with Gasteiger partial charge in [0.15, 0.2) is 0 Å². The van der Waals surface area contributed by atoms with Gasteiger partial charge < -0.3 is 10.1 Å². The molecule has 0 aliphatic heterocycles. The number of aromatic nitrogens is 1. The molecule has 126 valence electrons. The Morgan fingerprint density at radius 3 is 2.33 bits per heavy atom. The van der Waals surface area contributed by atoms with Crippen LogP contribution in [0.3, 0.4) is 0 Å². The van der Waals surface area contributed by atoms with E-state index in [9.17, 15) is 9.59 Å². The Kier molecular flexibility index (Phi) is 6.07. The van der Waals surface area contributed by atoms with Crippen molar-refractivity contribution < 1.29 is 14.3 Å². The van der Waals surface area contributed by atoms with Crippen molar-refractivity contribution in [1.82, 2.24) is 10.3 Å². The van der Waals surface area contributed by atoms with Gasteiger partial charge >= 0.3 is 5.97 Å². The summed E-state index contributed by atoms with van der Waals surface area (Å²) < 4.78 is 4.60. The Morgan fingerprint density at radius 1 is 1.12 bits per heavy atom. The molecule has 0 fully saturated rings. The molecule has 24 heavy (non-hydrogen) atoms. The number of methoxy groups -OCH3 is 1. The topological polar surface area (TPSA) is 68.3 Å². The van der Waals surface area contributed by atoms with Gasteiger partial charge in [0.05, 0.1) is 13.0 Å². The van der Waals surface area contributed by atoms with E-state index in [1.807, 2.05) is 19.1 Å². The number of pyridine rings is 1. The molecule has 5 heteroatoms. The SMILES string of the molecule is CCc1ccc([C@H](C)C(=O)NCc2ccc(C(=O)OC)nc2)cc1. The summed E-state index contributed by atoms with van der Waals surface area (Å²) in [6.45, 7) is 4.35. The van der Waals surface area contributed by atoms with E-state index in [2.05, 4.69) is 34.1 Å². The van der Waals surface area contributed by atoms with E-state index in [0.29, 0.717) is 6.54 Å². The molecule has 1 atom stereocenters. The number of rotatable bonds is 6. The average molecular weight is 326 g/mol. The van der Waals surface area contributed by atoms with Crippen LogP contribution < -0.4 is 5.32 Å². The Balaban J connectivity index is 1.93. The van der Waals surface area contributed by atoms with Crippen molar-refractivity contribution in [3.05, 3.63) is 65.0 Å². The highest BCUT2D eigenvalue weighted by Gasteiger charge is 2.15. The van der Waals surface area contributed by atoms with E-state index in [1.165, 1.54) is 12.7 Å². The first-order valence-electron chi connectivity index (χ1n) is 7.95. The van der Waals surface area contributed by atoms with E-state index in [4.69, 9.17) is 0 Å². The van der Waals surface area contributed by atoms with E-state index < -0.39 is 5.97 Å². The molecule has 1 aromatic carbocycles. The molecule has 2 aromatic rings. The van der Waals surface area contributed by atoms with Gasteiger partial charge in [-0.05, 0) is 36.1 Å². The van der Waals surface area contributed by atoms with Crippen LogP contribution in [0, 0.1) is 0 Å². The van der Waals surface area contributed by atoms with Gasteiger partial charge in [0.2, 0.25) is 5.91 Å². The summed E-state index contributed by atoms with van der Waals surface area (Å²) in [5.41, 5.74) is 3.31. The Labute approximate surface area is 142 Å². The molecule has 0 unspecified atom stereocenters. The summed E-state index contributed by atoms with van der Waals surface area (Å²) >= 11 is 0. The second-order valence-corrected chi connectivity index (χ2v) is 5.58. The van der Waals surface area contributed by atoms with Crippen LogP contribution in [-0.4, -0.2) is 24.0 Å². The average Bonchev–Trinajstić information content (AvgIpc) is 2.65. The molecule has 1 N–H and O–H groups in total. The van der Waals surface area contributed by atoms with Crippen molar-refractivity contribution in [1.29, 1.82) is 0 Å². The number of amides is 1. The first-order chi connectivity index (χ1) is 11.5. The molecular weight excluding hydrogens is 304 g/mol. The highest BCUT2D eigenvalue weighted by Crippen LogP contribution is 2.16.